The Morgan fingerprint density at radius 3 is 2.31 bits per heavy atom. The van der Waals surface area contributed by atoms with Gasteiger partial charge >= 0.3 is 5.97 Å². The number of aromatic nitrogens is 1. The predicted molar refractivity (Wildman–Crippen MR) is 133 cm³/mol. The van der Waals surface area contributed by atoms with Gasteiger partial charge in [-0.1, -0.05) is 23.5 Å². The first-order chi connectivity index (χ1) is 17.3. The Morgan fingerprint density at radius 2 is 1.75 bits per heavy atom. The third-order valence-electron chi connectivity index (χ3n) is 5.69. The minimum absolute atomic E-state index is 0.164. The number of allylic oxidation sites excluding steroid dienone is 1. The Labute approximate surface area is 210 Å². The molecular weight excluding hydrogens is 487 g/mol. The fourth-order valence-corrected chi connectivity index (χ4v) is 5.13. The molecule has 1 atom stereocenters. The average molecular weight is 513 g/mol. The summed E-state index contributed by atoms with van der Waals surface area (Å²) in [6.07, 6.45) is 1.69. The molecule has 4 rings (SSSR count). The highest BCUT2D eigenvalue weighted by molar-refractivity contribution is 7.07. The van der Waals surface area contributed by atoms with Gasteiger partial charge in [0.1, 0.15) is 5.82 Å². The number of carbonyl (C=O) groups excluding carboxylic acids is 1. The Balaban J connectivity index is 1.94. The van der Waals surface area contributed by atoms with E-state index in [-0.39, 0.29) is 17.7 Å². The lowest BCUT2D eigenvalue weighted by Crippen LogP contribution is -2.39. The van der Waals surface area contributed by atoms with Crippen LogP contribution in [0.25, 0.3) is 6.08 Å². The maximum Gasteiger partial charge on any atom is 0.338 e. The van der Waals surface area contributed by atoms with E-state index in [0.717, 1.165) is 0 Å². The number of methoxy groups -OCH3 is 3. The summed E-state index contributed by atoms with van der Waals surface area (Å²) in [5, 5.41) is 0. The topological polar surface area (TPSA) is 88.4 Å². The van der Waals surface area contributed by atoms with Crippen molar-refractivity contribution in [2.45, 2.75) is 19.9 Å². The number of benzene rings is 2. The molecule has 0 bridgehead atoms. The smallest absolute Gasteiger partial charge is 0.338 e. The summed E-state index contributed by atoms with van der Waals surface area (Å²) in [4.78, 5) is 31.5. The van der Waals surface area contributed by atoms with Crippen LogP contribution < -0.4 is 29.1 Å². The summed E-state index contributed by atoms with van der Waals surface area (Å²) in [5.74, 6) is 0.324. The van der Waals surface area contributed by atoms with Gasteiger partial charge in [-0.05, 0) is 55.3 Å². The zero-order valence-electron chi connectivity index (χ0n) is 20.5. The lowest BCUT2D eigenvalue weighted by atomic mass is 9.96. The number of esters is 1. The van der Waals surface area contributed by atoms with Gasteiger partial charge in [-0.25, -0.2) is 14.2 Å². The van der Waals surface area contributed by atoms with Gasteiger partial charge in [0.05, 0.1) is 49.8 Å². The van der Waals surface area contributed by atoms with E-state index in [1.807, 2.05) is 0 Å². The highest BCUT2D eigenvalue weighted by Crippen LogP contribution is 2.38. The summed E-state index contributed by atoms with van der Waals surface area (Å²) < 4.78 is 37.0. The standard InChI is InChI=1S/C26H25FN2O6S/c1-6-35-25(31)21-14(2)28-26-29(22(21)16-7-9-17(27)10-8-16)24(30)20(36-26)13-15-11-18(32-3)23(34-5)19(12-15)33-4/h7-13,22H,6H2,1-5H3/b20-13-/t22-/m0/s1. The molecule has 0 saturated heterocycles. The summed E-state index contributed by atoms with van der Waals surface area (Å²) in [6.45, 7) is 3.56. The number of halogens is 1. The van der Waals surface area contributed by atoms with Crippen LogP contribution in [0.1, 0.15) is 31.0 Å². The van der Waals surface area contributed by atoms with Crippen LogP contribution in [0.15, 0.2) is 57.5 Å². The molecule has 0 amide bonds. The molecule has 2 heterocycles. The normalized spacial score (nSPS) is 15.3. The Kier molecular flexibility index (Phi) is 7.25. The fraction of sp³-hybridized carbons (Fsp3) is 0.269. The molecule has 1 aliphatic rings. The number of ether oxygens (including phenoxy) is 4. The van der Waals surface area contributed by atoms with E-state index in [1.165, 1.54) is 49.4 Å². The summed E-state index contributed by atoms with van der Waals surface area (Å²) >= 11 is 1.18. The number of carbonyl (C=O) groups is 1. The lowest BCUT2D eigenvalue weighted by Gasteiger charge is -2.24. The Morgan fingerprint density at radius 1 is 1.11 bits per heavy atom. The zero-order valence-corrected chi connectivity index (χ0v) is 21.3. The van der Waals surface area contributed by atoms with Crippen LogP contribution in [0, 0.1) is 5.82 Å². The number of hydrogen-bond acceptors (Lipinski definition) is 8. The van der Waals surface area contributed by atoms with Crippen LogP contribution in [-0.2, 0) is 9.53 Å². The largest absolute Gasteiger partial charge is 0.493 e. The van der Waals surface area contributed by atoms with Crippen molar-refractivity contribution < 1.29 is 28.1 Å². The van der Waals surface area contributed by atoms with Gasteiger partial charge in [0.25, 0.3) is 5.56 Å². The maximum absolute atomic E-state index is 13.7. The first-order valence-corrected chi connectivity index (χ1v) is 11.9. The quantitative estimate of drug-likeness (QED) is 0.453. The molecule has 8 nitrogen and oxygen atoms in total. The van der Waals surface area contributed by atoms with Crippen molar-refractivity contribution in [1.82, 2.24) is 4.57 Å². The Hall–Kier alpha value is -3.92. The summed E-state index contributed by atoms with van der Waals surface area (Å²) in [7, 11) is 4.53. The monoisotopic (exact) mass is 512 g/mol. The lowest BCUT2D eigenvalue weighted by molar-refractivity contribution is -0.139. The van der Waals surface area contributed by atoms with Crippen molar-refractivity contribution in [2.75, 3.05) is 27.9 Å². The summed E-state index contributed by atoms with van der Waals surface area (Å²) in [6, 6.07) is 8.32. The van der Waals surface area contributed by atoms with E-state index < -0.39 is 17.8 Å². The maximum atomic E-state index is 13.7. The first kappa shape index (κ1) is 25.2. The van der Waals surface area contributed by atoms with Gasteiger partial charge < -0.3 is 18.9 Å². The van der Waals surface area contributed by atoms with Crippen LogP contribution in [0.4, 0.5) is 4.39 Å². The highest BCUT2D eigenvalue weighted by atomic mass is 32.1. The van der Waals surface area contributed by atoms with E-state index in [0.29, 0.717) is 43.4 Å². The van der Waals surface area contributed by atoms with Crippen molar-refractivity contribution in [3.05, 3.63) is 84.3 Å². The molecule has 1 aliphatic heterocycles. The van der Waals surface area contributed by atoms with Crippen molar-refractivity contribution in [1.29, 1.82) is 0 Å². The molecule has 36 heavy (non-hydrogen) atoms. The molecule has 0 fully saturated rings. The second-order valence-corrected chi connectivity index (χ2v) is 8.82. The molecule has 10 heteroatoms. The number of hydrogen-bond donors (Lipinski definition) is 0. The van der Waals surface area contributed by atoms with E-state index in [4.69, 9.17) is 18.9 Å². The third-order valence-corrected chi connectivity index (χ3v) is 6.67. The second-order valence-electron chi connectivity index (χ2n) is 7.81. The molecule has 0 N–H and O–H groups in total. The minimum atomic E-state index is -0.817. The van der Waals surface area contributed by atoms with Crippen LogP contribution in [-0.4, -0.2) is 38.5 Å². The number of nitrogens with zero attached hydrogens (tertiary/aromatic N) is 2. The Bertz CT molecular complexity index is 1500. The van der Waals surface area contributed by atoms with Crippen molar-refractivity contribution in [2.24, 2.45) is 4.99 Å². The van der Waals surface area contributed by atoms with E-state index >= 15 is 0 Å². The van der Waals surface area contributed by atoms with Gasteiger partial charge in [0.15, 0.2) is 16.3 Å². The number of thiazole rings is 1. The zero-order chi connectivity index (χ0) is 26.0. The molecule has 0 aliphatic carbocycles. The van der Waals surface area contributed by atoms with Crippen LogP contribution in [0.2, 0.25) is 0 Å². The van der Waals surface area contributed by atoms with Crippen molar-refractivity contribution in [3.8, 4) is 17.2 Å². The molecule has 0 unspecified atom stereocenters. The van der Waals surface area contributed by atoms with Crippen LogP contribution in [0.3, 0.4) is 0 Å². The van der Waals surface area contributed by atoms with Gasteiger partial charge in [0.2, 0.25) is 5.75 Å². The SMILES string of the molecule is CCOC(=O)C1=C(C)N=c2s/c(=C\c3cc(OC)c(OC)c(OC)c3)c(=O)n2[C@H]1c1ccc(F)cc1. The third kappa shape index (κ3) is 4.51. The van der Waals surface area contributed by atoms with Gasteiger partial charge in [-0.2, -0.15) is 0 Å². The molecule has 0 radical (unpaired) electrons. The van der Waals surface area contributed by atoms with E-state index in [1.54, 1.807) is 44.2 Å². The fourth-order valence-electron chi connectivity index (χ4n) is 4.09. The number of rotatable bonds is 7. The molecule has 0 saturated carbocycles. The molecule has 1 aromatic heterocycles. The predicted octanol–water partition coefficient (Wildman–Crippen LogP) is 2.96. The number of fused-ring (bicyclic) bond motifs is 1. The summed E-state index contributed by atoms with van der Waals surface area (Å²) in [5.41, 5.74) is 1.53. The van der Waals surface area contributed by atoms with Crippen LogP contribution >= 0.6 is 11.3 Å². The molecule has 3 aromatic rings. The van der Waals surface area contributed by atoms with Crippen LogP contribution in [0.5, 0.6) is 17.2 Å². The van der Waals surface area contributed by atoms with E-state index in [2.05, 4.69) is 4.99 Å². The van der Waals surface area contributed by atoms with Gasteiger partial charge in [0, 0.05) is 0 Å². The molecule has 2 aromatic carbocycles. The van der Waals surface area contributed by atoms with E-state index in [9.17, 15) is 14.0 Å². The molecular formula is C26H25FN2O6S. The molecule has 0 spiro atoms. The van der Waals surface area contributed by atoms with Gasteiger partial charge in [-0.15, -0.1) is 0 Å². The first-order valence-electron chi connectivity index (χ1n) is 11.1. The minimum Gasteiger partial charge on any atom is -0.493 e. The van der Waals surface area contributed by atoms with Crippen molar-refractivity contribution in [3.63, 3.8) is 0 Å². The highest BCUT2D eigenvalue weighted by Gasteiger charge is 2.33. The van der Waals surface area contributed by atoms with Gasteiger partial charge in [-0.3, -0.25) is 9.36 Å². The molecule has 188 valence electrons. The average Bonchev–Trinajstić information content (AvgIpc) is 3.17. The van der Waals surface area contributed by atoms with Crippen molar-refractivity contribution >= 4 is 23.4 Å². The second kappa shape index (κ2) is 10.4.